The van der Waals surface area contributed by atoms with Crippen molar-refractivity contribution in [2.24, 2.45) is 0 Å². The van der Waals surface area contributed by atoms with Gasteiger partial charge < -0.3 is 4.74 Å². The van der Waals surface area contributed by atoms with Gasteiger partial charge in [-0.1, -0.05) is 0 Å². The Morgan fingerprint density at radius 1 is 1.35 bits per heavy atom. The van der Waals surface area contributed by atoms with Crippen LogP contribution in [0.5, 0.6) is 5.75 Å². The summed E-state index contributed by atoms with van der Waals surface area (Å²) >= 11 is 0. The summed E-state index contributed by atoms with van der Waals surface area (Å²) in [5.41, 5.74) is -1.88. The monoisotopic (exact) mass is 250 g/mol. The highest BCUT2D eigenvalue weighted by Gasteiger charge is 2.35. The molecule has 0 fully saturated rings. The molecule has 1 aromatic carbocycles. The van der Waals surface area contributed by atoms with Crippen LogP contribution in [-0.4, -0.2) is 12.4 Å². The molecule has 0 unspecified atom stereocenters. The lowest BCUT2D eigenvalue weighted by Gasteiger charge is -2.13. The fourth-order valence-electron chi connectivity index (χ4n) is 1.35. The van der Waals surface area contributed by atoms with Gasteiger partial charge in [0.25, 0.3) is 0 Å². The number of carbonyl (C=O) groups is 1. The summed E-state index contributed by atoms with van der Waals surface area (Å²) in [5, 5.41) is 0. The van der Waals surface area contributed by atoms with Gasteiger partial charge in [-0.05, 0) is 26.0 Å². The SMILES string of the molecule is CCOc1cc(C(C)=O)c(C(F)(F)F)cc1F. The number of halogens is 4. The van der Waals surface area contributed by atoms with E-state index in [1.54, 1.807) is 6.92 Å². The van der Waals surface area contributed by atoms with Crippen molar-refractivity contribution < 1.29 is 27.1 Å². The van der Waals surface area contributed by atoms with Crippen LogP contribution < -0.4 is 4.74 Å². The Morgan fingerprint density at radius 2 is 1.94 bits per heavy atom. The number of hydrogen-bond acceptors (Lipinski definition) is 2. The number of rotatable bonds is 3. The van der Waals surface area contributed by atoms with E-state index in [9.17, 15) is 22.4 Å². The molecule has 0 aliphatic rings. The van der Waals surface area contributed by atoms with Gasteiger partial charge in [0.15, 0.2) is 17.3 Å². The Morgan fingerprint density at radius 3 is 2.35 bits per heavy atom. The van der Waals surface area contributed by atoms with Gasteiger partial charge in [-0.3, -0.25) is 4.79 Å². The number of carbonyl (C=O) groups excluding carboxylic acids is 1. The molecule has 1 aromatic rings. The summed E-state index contributed by atoms with van der Waals surface area (Å²) in [6.07, 6.45) is -4.77. The number of hydrogen-bond donors (Lipinski definition) is 0. The second-order valence-corrected chi connectivity index (χ2v) is 3.32. The second kappa shape index (κ2) is 4.73. The molecule has 1 rings (SSSR count). The summed E-state index contributed by atoms with van der Waals surface area (Å²) in [5.74, 6) is -2.28. The zero-order valence-electron chi connectivity index (χ0n) is 9.19. The van der Waals surface area contributed by atoms with Gasteiger partial charge in [-0.2, -0.15) is 13.2 Å². The van der Waals surface area contributed by atoms with Gasteiger partial charge in [-0.15, -0.1) is 0 Å². The summed E-state index contributed by atoms with van der Waals surface area (Å²) < 4.78 is 55.7. The molecular weight excluding hydrogens is 240 g/mol. The third kappa shape index (κ3) is 2.95. The quantitative estimate of drug-likeness (QED) is 0.606. The maximum absolute atomic E-state index is 13.3. The van der Waals surface area contributed by atoms with Crippen molar-refractivity contribution in [3.8, 4) is 5.75 Å². The number of ketones is 1. The predicted octanol–water partition coefficient (Wildman–Crippen LogP) is 3.45. The molecule has 0 saturated heterocycles. The minimum Gasteiger partial charge on any atom is -0.491 e. The lowest BCUT2D eigenvalue weighted by Crippen LogP contribution is -2.13. The lowest BCUT2D eigenvalue weighted by atomic mass is 10.0. The maximum atomic E-state index is 13.3. The average molecular weight is 250 g/mol. The van der Waals surface area contributed by atoms with Gasteiger partial charge in [0, 0.05) is 5.56 Å². The summed E-state index contributed by atoms with van der Waals surface area (Å²) in [7, 11) is 0. The van der Waals surface area contributed by atoms with E-state index in [4.69, 9.17) is 4.74 Å². The Bertz CT molecular complexity index is 438. The molecule has 0 atom stereocenters. The number of alkyl halides is 3. The zero-order valence-corrected chi connectivity index (χ0v) is 9.19. The normalized spacial score (nSPS) is 11.4. The van der Waals surface area contributed by atoms with Crippen LogP contribution in [0.3, 0.4) is 0 Å². The molecule has 6 heteroatoms. The van der Waals surface area contributed by atoms with Crippen molar-refractivity contribution in [1.82, 2.24) is 0 Å². The smallest absolute Gasteiger partial charge is 0.417 e. The van der Waals surface area contributed by atoms with Crippen LogP contribution in [0.1, 0.15) is 29.8 Å². The third-order valence-electron chi connectivity index (χ3n) is 2.06. The molecule has 0 aromatic heterocycles. The van der Waals surface area contributed by atoms with Crippen LogP contribution in [0.25, 0.3) is 0 Å². The van der Waals surface area contributed by atoms with Crippen LogP contribution >= 0.6 is 0 Å². The molecule has 0 radical (unpaired) electrons. The zero-order chi connectivity index (χ0) is 13.2. The first-order valence-corrected chi connectivity index (χ1v) is 4.81. The molecule has 94 valence electrons. The molecule has 0 N–H and O–H groups in total. The Balaban J connectivity index is 3.41. The molecular formula is C11H10F4O2. The highest BCUT2D eigenvalue weighted by molar-refractivity contribution is 5.96. The van der Waals surface area contributed by atoms with E-state index < -0.39 is 28.9 Å². The number of ether oxygens (including phenoxy) is 1. The summed E-state index contributed by atoms with van der Waals surface area (Å²) in [6, 6.07) is 1.06. The Labute approximate surface area is 95.2 Å². The fourth-order valence-corrected chi connectivity index (χ4v) is 1.35. The van der Waals surface area contributed by atoms with E-state index in [0.717, 1.165) is 13.0 Å². The molecule has 0 heterocycles. The van der Waals surface area contributed by atoms with Crippen molar-refractivity contribution in [2.75, 3.05) is 6.61 Å². The van der Waals surface area contributed by atoms with E-state index in [2.05, 4.69) is 0 Å². The number of benzene rings is 1. The molecule has 0 spiro atoms. The molecule has 0 saturated carbocycles. The molecule has 0 aliphatic heterocycles. The van der Waals surface area contributed by atoms with Crippen molar-refractivity contribution in [2.45, 2.75) is 20.0 Å². The first kappa shape index (κ1) is 13.5. The van der Waals surface area contributed by atoms with Crippen LogP contribution in [0.2, 0.25) is 0 Å². The van der Waals surface area contributed by atoms with Crippen molar-refractivity contribution in [3.63, 3.8) is 0 Å². The van der Waals surface area contributed by atoms with Gasteiger partial charge >= 0.3 is 6.18 Å². The standard InChI is InChI=1S/C11H10F4O2/c1-3-17-10-4-7(6(2)16)8(5-9(10)12)11(13,14)15/h4-5H,3H2,1-2H3. The van der Waals surface area contributed by atoms with E-state index in [-0.39, 0.29) is 18.4 Å². The van der Waals surface area contributed by atoms with Gasteiger partial charge in [0.05, 0.1) is 12.2 Å². The maximum Gasteiger partial charge on any atom is 0.417 e. The topological polar surface area (TPSA) is 26.3 Å². The van der Waals surface area contributed by atoms with Crippen molar-refractivity contribution in [1.29, 1.82) is 0 Å². The van der Waals surface area contributed by atoms with E-state index in [1.807, 2.05) is 0 Å². The van der Waals surface area contributed by atoms with Crippen LogP contribution in [0, 0.1) is 5.82 Å². The minimum atomic E-state index is -4.77. The van der Waals surface area contributed by atoms with Crippen LogP contribution in [-0.2, 0) is 6.18 Å². The van der Waals surface area contributed by atoms with Crippen LogP contribution in [0.15, 0.2) is 12.1 Å². The molecule has 17 heavy (non-hydrogen) atoms. The first-order chi connectivity index (χ1) is 7.77. The second-order valence-electron chi connectivity index (χ2n) is 3.32. The van der Waals surface area contributed by atoms with E-state index in [1.165, 1.54) is 0 Å². The van der Waals surface area contributed by atoms with Crippen molar-refractivity contribution in [3.05, 3.63) is 29.1 Å². The highest BCUT2D eigenvalue weighted by Crippen LogP contribution is 2.35. The van der Waals surface area contributed by atoms with Gasteiger partial charge in [0.2, 0.25) is 0 Å². The van der Waals surface area contributed by atoms with Gasteiger partial charge in [-0.25, -0.2) is 4.39 Å². The summed E-state index contributed by atoms with van der Waals surface area (Å²) in [6.45, 7) is 2.64. The molecule has 0 amide bonds. The summed E-state index contributed by atoms with van der Waals surface area (Å²) in [4.78, 5) is 11.1. The third-order valence-corrected chi connectivity index (χ3v) is 2.06. The lowest BCUT2D eigenvalue weighted by molar-refractivity contribution is -0.138. The average Bonchev–Trinajstić information content (AvgIpc) is 2.19. The fraction of sp³-hybridized carbons (Fsp3) is 0.364. The Kier molecular flexibility index (Phi) is 3.75. The van der Waals surface area contributed by atoms with E-state index in [0.29, 0.717) is 0 Å². The molecule has 0 bridgehead atoms. The van der Waals surface area contributed by atoms with Crippen LogP contribution in [0.4, 0.5) is 17.6 Å². The number of Topliss-reactive ketones (excluding diaryl/α,β-unsaturated/α-hetero) is 1. The Hall–Kier alpha value is -1.59. The highest BCUT2D eigenvalue weighted by atomic mass is 19.4. The predicted molar refractivity (Wildman–Crippen MR) is 52.6 cm³/mol. The largest absolute Gasteiger partial charge is 0.491 e. The molecule has 0 aliphatic carbocycles. The van der Waals surface area contributed by atoms with Crippen molar-refractivity contribution >= 4 is 5.78 Å². The minimum absolute atomic E-state index is 0.0969. The van der Waals surface area contributed by atoms with Gasteiger partial charge in [0.1, 0.15) is 0 Å². The van der Waals surface area contributed by atoms with E-state index >= 15 is 0 Å². The first-order valence-electron chi connectivity index (χ1n) is 4.81. The molecule has 2 nitrogen and oxygen atoms in total.